The van der Waals surface area contributed by atoms with Gasteiger partial charge in [0.25, 0.3) is 0 Å². The minimum atomic E-state index is 0.00233. The Bertz CT molecular complexity index is 588. The number of rotatable bonds is 10. The number of ether oxygens (including phenoxy) is 1. The van der Waals surface area contributed by atoms with E-state index in [-0.39, 0.29) is 18.6 Å². The number of halogens is 1. The van der Waals surface area contributed by atoms with E-state index in [1.165, 1.54) is 0 Å². The first-order valence-electron chi connectivity index (χ1n) is 9.41. The quantitative estimate of drug-likeness (QED) is 0.433. The van der Waals surface area contributed by atoms with Gasteiger partial charge in [-0.1, -0.05) is 41.9 Å². The first kappa shape index (κ1) is 23.4. The Labute approximate surface area is 171 Å². The van der Waals surface area contributed by atoms with Gasteiger partial charge in [0.1, 0.15) is 0 Å². The molecule has 0 saturated carbocycles. The molecule has 1 aromatic carbocycles. The van der Waals surface area contributed by atoms with E-state index in [4.69, 9.17) is 4.74 Å². The first-order valence-corrected chi connectivity index (χ1v) is 10.2. The first-order chi connectivity index (χ1) is 12.8. The van der Waals surface area contributed by atoms with Gasteiger partial charge in [-0.15, -0.1) is 0 Å². The normalized spacial score (nSPS) is 12.8. The smallest absolute Gasteiger partial charge is 0.241 e. The van der Waals surface area contributed by atoms with Gasteiger partial charge in [-0.25, -0.2) is 4.99 Å². The van der Waals surface area contributed by atoms with Crippen molar-refractivity contribution in [2.45, 2.75) is 39.8 Å². The molecule has 0 fully saturated rings. The summed E-state index contributed by atoms with van der Waals surface area (Å²) in [5, 5.41) is 6.43. The largest absolute Gasteiger partial charge is 0.378 e. The van der Waals surface area contributed by atoms with Gasteiger partial charge in [0.05, 0.1) is 19.2 Å². The molecule has 0 bridgehead atoms. The SMILES string of the molecule is CCOC(CCNC(=NCc1ccc(Br)cc1)NCC(=O)N(C)C)C(C)C. The molecule has 1 aromatic rings. The van der Waals surface area contributed by atoms with E-state index in [1.54, 1.807) is 19.0 Å². The van der Waals surface area contributed by atoms with Crippen LogP contribution in [-0.2, 0) is 16.1 Å². The second kappa shape index (κ2) is 12.7. The average molecular weight is 441 g/mol. The Hall–Kier alpha value is -1.60. The van der Waals surface area contributed by atoms with Gasteiger partial charge in [0.2, 0.25) is 5.91 Å². The number of carbonyl (C=O) groups is 1. The van der Waals surface area contributed by atoms with E-state index < -0.39 is 0 Å². The van der Waals surface area contributed by atoms with Crippen LogP contribution in [-0.4, -0.2) is 56.7 Å². The van der Waals surface area contributed by atoms with Crippen molar-refractivity contribution in [3.8, 4) is 0 Å². The van der Waals surface area contributed by atoms with Crippen molar-refractivity contribution >= 4 is 27.8 Å². The van der Waals surface area contributed by atoms with Crippen molar-refractivity contribution < 1.29 is 9.53 Å². The van der Waals surface area contributed by atoms with Crippen LogP contribution in [0.1, 0.15) is 32.8 Å². The minimum Gasteiger partial charge on any atom is -0.378 e. The number of likely N-dealkylation sites (N-methyl/N-ethyl adjacent to an activating group) is 1. The molecule has 0 aromatic heterocycles. The van der Waals surface area contributed by atoms with Gasteiger partial charge in [-0.2, -0.15) is 0 Å². The summed E-state index contributed by atoms with van der Waals surface area (Å²) in [6.45, 7) is 8.53. The maximum absolute atomic E-state index is 11.9. The monoisotopic (exact) mass is 440 g/mol. The summed E-state index contributed by atoms with van der Waals surface area (Å²) in [4.78, 5) is 18.0. The van der Waals surface area contributed by atoms with E-state index in [0.29, 0.717) is 25.0 Å². The minimum absolute atomic E-state index is 0.00233. The molecule has 27 heavy (non-hydrogen) atoms. The molecule has 0 aliphatic rings. The number of aliphatic imine (C=N–C) groups is 1. The van der Waals surface area contributed by atoms with Gasteiger partial charge in [0, 0.05) is 31.7 Å². The number of amides is 1. The molecule has 1 amide bonds. The predicted molar refractivity (Wildman–Crippen MR) is 115 cm³/mol. The fourth-order valence-corrected chi connectivity index (χ4v) is 2.67. The maximum atomic E-state index is 11.9. The highest BCUT2D eigenvalue weighted by Crippen LogP contribution is 2.11. The summed E-state index contributed by atoms with van der Waals surface area (Å²) in [6, 6.07) is 8.05. The molecule has 6 nitrogen and oxygen atoms in total. The molecule has 0 aliphatic carbocycles. The van der Waals surface area contributed by atoms with Crippen molar-refractivity contribution in [2.24, 2.45) is 10.9 Å². The number of benzene rings is 1. The maximum Gasteiger partial charge on any atom is 0.241 e. The second-order valence-corrected chi connectivity index (χ2v) is 7.80. The van der Waals surface area contributed by atoms with E-state index in [9.17, 15) is 4.79 Å². The van der Waals surface area contributed by atoms with Crippen molar-refractivity contribution in [3.63, 3.8) is 0 Å². The average Bonchev–Trinajstić information content (AvgIpc) is 2.63. The number of hydrogen-bond acceptors (Lipinski definition) is 3. The second-order valence-electron chi connectivity index (χ2n) is 6.89. The topological polar surface area (TPSA) is 66.0 Å². The Morgan fingerprint density at radius 1 is 1.22 bits per heavy atom. The van der Waals surface area contributed by atoms with Crippen molar-refractivity contribution in [1.82, 2.24) is 15.5 Å². The van der Waals surface area contributed by atoms with Crippen LogP contribution in [0.15, 0.2) is 33.7 Å². The zero-order valence-electron chi connectivity index (χ0n) is 17.1. The van der Waals surface area contributed by atoms with Crippen LogP contribution in [0.25, 0.3) is 0 Å². The van der Waals surface area contributed by atoms with Crippen LogP contribution >= 0.6 is 15.9 Å². The van der Waals surface area contributed by atoms with Crippen LogP contribution in [0.2, 0.25) is 0 Å². The number of nitrogens with one attached hydrogen (secondary N) is 2. The Balaban J connectivity index is 2.67. The van der Waals surface area contributed by atoms with Crippen LogP contribution in [0.4, 0.5) is 0 Å². The van der Waals surface area contributed by atoms with Crippen LogP contribution < -0.4 is 10.6 Å². The molecular weight excluding hydrogens is 408 g/mol. The molecule has 0 radical (unpaired) electrons. The van der Waals surface area contributed by atoms with Crippen LogP contribution in [0.5, 0.6) is 0 Å². The zero-order valence-corrected chi connectivity index (χ0v) is 18.7. The summed E-state index contributed by atoms with van der Waals surface area (Å²) < 4.78 is 6.83. The van der Waals surface area contributed by atoms with Gasteiger partial charge in [-0.05, 0) is 37.0 Å². The molecule has 152 valence electrons. The third-order valence-corrected chi connectivity index (χ3v) is 4.61. The lowest BCUT2D eigenvalue weighted by molar-refractivity contribution is -0.127. The highest BCUT2D eigenvalue weighted by molar-refractivity contribution is 9.10. The van der Waals surface area contributed by atoms with E-state index >= 15 is 0 Å². The molecule has 1 atom stereocenters. The molecule has 0 aliphatic heterocycles. The Morgan fingerprint density at radius 2 is 1.89 bits per heavy atom. The molecular formula is C20H33BrN4O2. The van der Waals surface area contributed by atoms with E-state index in [2.05, 4.69) is 45.4 Å². The lowest BCUT2D eigenvalue weighted by atomic mass is 10.0. The molecule has 0 spiro atoms. The van der Waals surface area contributed by atoms with Gasteiger partial charge in [0.15, 0.2) is 5.96 Å². The molecule has 2 N–H and O–H groups in total. The molecule has 7 heteroatoms. The Kier molecular flexibility index (Phi) is 11.0. The summed E-state index contributed by atoms with van der Waals surface area (Å²) in [5.41, 5.74) is 1.10. The van der Waals surface area contributed by atoms with Crippen LogP contribution in [0, 0.1) is 5.92 Å². The summed E-state index contributed by atoms with van der Waals surface area (Å²) in [6.07, 6.45) is 1.09. The fraction of sp³-hybridized carbons (Fsp3) is 0.600. The summed E-state index contributed by atoms with van der Waals surface area (Å²) in [7, 11) is 3.48. The van der Waals surface area contributed by atoms with Crippen LogP contribution in [0.3, 0.4) is 0 Å². The van der Waals surface area contributed by atoms with E-state index in [0.717, 1.165) is 23.0 Å². The fourth-order valence-electron chi connectivity index (χ4n) is 2.41. The standard InChI is InChI=1S/C20H33BrN4O2/c1-6-27-18(15(2)3)11-12-22-20(24-14-19(26)25(4)5)23-13-16-7-9-17(21)10-8-16/h7-10,15,18H,6,11-14H2,1-5H3,(H2,22,23,24). The summed E-state index contributed by atoms with van der Waals surface area (Å²) >= 11 is 3.44. The zero-order chi connectivity index (χ0) is 20.2. The summed E-state index contributed by atoms with van der Waals surface area (Å²) in [5.74, 6) is 1.09. The number of hydrogen-bond donors (Lipinski definition) is 2. The Morgan fingerprint density at radius 3 is 2.44 bits per heavy atom. The van der Waals surface area contributed by atoms with Gasteiger partial charge in [-0.3, -0.25) is 4.79 Å². The van der Waals surface area contributed by atoms with Gasteiger partial charge < -0.3 is 20.3 Å². The lowest BCUT2D eigenvalue weighted by Gasteiger charge is -2.22. The predicted octanol–water partition coefficient (Wildman–Crippen LogP) is 3.02. The lowest BCUT2D eigenvalue weighted by Crippen LogP contribution is -2.44. The molecule has 1 rings (SSSR count). The highest BCUT2D eigenvalue weighted by atomic mass is 79.9. The molecule has 0 saturated heterocycles. The third-order valence-electron chi connectivity index (χ3n) is 4.08. The number of nitrogens with zero attached hydrogens (tertiary/aromatic N) is 2. The number of carbonyl (C=O) groups excluding carboxylic acids is 1. The van der Waals surface area contributed by atoms with Crippen molar-refractivity contribution in [1.29, 1.82) is 0 Å². The molecule has 0 heterocycles. The highest BCUT2D eigenvalue weighted by Gasteiger charge is 2.13. The van der Waals surface area contributed by atoms with Crippen molar-refractivity contribution in [3.05, 3.63) is 34.3 Å². The molecule has 1 unspecified atom stereocenters. The van der Waals surface area contributed by atoms with Gasteiger partial charge >= 0.3 is 0 Å². The number of guanidine groups is 1. The third kappa shape index (κ3) is 9.77. The van der Waals surface area contributed by atoms with E-state index in [1.807, 2.05) is 31.2 Å². The van der Waals surface area contributed by atoms with Crippen molar-refractivity contribution in [2.75, 3.05) is 33.8 Å².